The first kappa shape index (κ1) is 18.1. The molecule has 4 unspecified atom stereocenters. The van der Waals surface area contributed by atoms with Gasteiger partial charge in [0.25, 0.3) is 5.56 Å². The Morgan fingerprint density at radius 3 is 2.69 bits per heavy atom. The predicted octanol–water partition coefficient (Wildman–Crippen LogP) is 0.596. The molecule has 2 aromatic rings. The number of hydrogen-bond acceptors (Lipinski definition) is 6. The molecule has 0 bridgehead atoms. The summed E-state index contributed by atoms with van der Waals surface area (Å²) in [6, 6.07) is 8.44. The van der Waals surface area contributed by atoms with Crippen molar-refractivity contribution >= 4 is 5.97 Å². The van der Waals surface area contributed by atoms with Crippen LogP contribution in [-0.2, 0) is 9.47 Å². The minimum atomic E-state index is -1.27. The zero-order valence-corrected chi connectivity index (χ0v) is 14.4. The average Bonchev–Trinajstić information content (AvgIpc) is 2.63. The molecule has 0 aliphatic carbocycles. The van der Waals surface area contributed by atoms with E-state index in [0.717, 1.165) is 4.57 Å². The Morgan fingerprint density at radius 1 is 1.31 bits per heavy atom. The lowest BCUT2D eigenvalue weighted by atomic mass is 9.96. The molecular weight excluding hydrogens is 340 g/mol. The second kappa shape index (κ2) is 7.27. The molecule has 138 valence electrons. The number of esters is 1. The SMILES string of the molecule is Cc1cn(C2OCC(C)C(OC(=O)c3ccccc3)C2O)c(=O)[nH]c1=O. The quantitative estimate of drug-likeness (QED) is 0.776. The molecule has 26 heavy (non-hydrogen) atoms. The highest BCUT2D eigenvalue weighted by molar-refractivity contribution is 5.89. The minimum Gasteiger partial charge on any atom is -0.455 e. The van der Waals surface area contributed by atoms with Gasteiger partial charge in [-0.3, -0.25) is 14.3 Å². The van der Waals surface area contributed by atoms with Crippen molar-refractivity contribution in [2.75, 3.05) is 6.61 Å². The van der Waals surface area contributed by atoms with Gasteiger partial charge in [-0.05, 0) is 19.1 Å². The Balaban J connectivity index is 1.86. The fraction of sp³-hybridized carbons (Fsp3) is 0.389. The fourth-order valence-electron chi connectivity index (χ4n) is 2.91. The molecule has 0 radical (unpaired) electrons. The van der Waals surface area contributed by atoms with Gasteiger partial charge < -0.3 is 14.6 Å². The summed E-state index contributed by atoms with van der Waals surface area (Å²) in [4.78, 5) is 38.1. The molecule has 0 amide bonds. The van der Waals surface area contributed by atoms with E-state index in [1.165, 1.54) is 6.20 Å². The van der Waals surface area contributed by atoms with Crippen molar-refractivity contribution in [3.8, 4) is 0 Å². The first-order chi connectivity index (χ1) is 12.4. The molecule has 4 atom stereocenters. The second-order valence-corrected chi connectivity index (χ2v) is 6.41. The standard InChI is InChI=1S/C18H20N2O6/c1-10-8-20(18(24)19-15(10)22)16-13(21)14(11(2)9-25-16)26-17(23)12-6-4-3-5-7-12/h3-8,11,13-14,16,21H,9H2,1-2H3,(H,19,22,24). The van der Waals surface area contributed by atoms with E-state index in [9.17, 15) is 19.5 Å². The smallest absolute Gasteiger partial charge is 0.338 e. The number of nitrogens with one attached hydrogen (secondary N) is 1. The Labute approximate surface area is 149 Å². The van der Waals surface area contributed by atoms with Gasteiger partial charge >= 0.3 is 11.7 Å². The Morgan fingerprint density at radius 2 is 2.00 bits per heavy atom. The number of carbonyl (C=O) groups is 1. The monoisotopic (exact) mass is 360 g/mol. The number of benzene rings is 1. The number of hydrogen-bond donors (Lipinski definition) is 2. The number of aliphatic hydroxyl groups is 1. The lowest BCUT2D eigenvalue weighted by Gasteiger charge is -2.38. The third-order valence-electron chi connectivity index (χ3n) is 4.39. The van der Waals surface area contributed by atoms with Crippen molar-refractivity contribution in [1.29, 1.82) is 0 Å². The van der Waals surface area contributed by atoms with Crippen LogP contribution in [0.3, 0.4) is 0 Å². The first-order valence-corrected chi connectivity index (χ1v) is 8.26. The number of aliphatic hydroxyl groups excluding tert-OH is 1. The van der Waals surface area contributed by atoms with Gasteiger partial charge in [0.15, 0.2) is 6.23 Å². The molecule has 0 spiro atoms. The molecule has 1 aromatic heterocycles. The van der Waals surface area contributed by atoms with Crippen LogP contribution in [0.2, 0.25) is 0 Å². The Hall–Kier alpha value is -2.71. The molecule has 1 saturated heterocycles. The summed E-state index contributed by atoms with van der Waals surface area (Å²) in [6.45, 7) is 3.50. The molecule has 3 rings (SSSR count). The Bertz CT molecular complexity index is 904. The van der Waals surface area contributed by atoms with E-state index in [0.29, 0.717) is 11.1 Å². The highest BCUT2D eigenvalue weighted by Gasteiger charge is 2.41. The maximum atomic E-state index is 12.3. The molecule has 1 aliphatic heterocycles. The van der Waals surface area contributed by atoms with Gasteiger partial charge in [0.2, 0.25) is 0 Å². The molecule has 2 N–H and O–H groups in total. The summed E-state index contributed by atoms with van der Waals surface area (Å²) in [7, 11) is 0. The number of nitrogens with zero attached hydrogens (tertiary/aromatic N) is 1. The van der Waals surface area contributed by atoms with Crippen LogP contribution in [0.25, 0.3) is 0 Å². The summed E-state index contributed by atoms with van der Waals surface area (Å²) in [5, 5.41) is 10.7. The van der Waals surface area contributed by atoms with Crippen molar-refractivity contribution < 1.29 is 19.4 Å². The third kappa shape index (κ3) is 3.47. The number of carbonyl (C=O) groups excluding carboxylic acids is 1. The summed E-state index contributed by atoms with van der Waals surface area (Å²) in [5.41, 5.74) is -0.534. The molecule has 0 saturated carbocycles. The van der Waals surface area contributed by atoms with Crippen molar-refractivity contribution in [2.24, 2.45) is 5.92 Å². The summed E-state index contributed by atoms with van der Waals surface area (Å²) < 4.78 is 12.2. The molecule has 2 heterocycles. The predicted molar refractivity (Wildman–Crippen MR) is 91.9 cm³/mol. The minimum absolute atomic E-state index is 0.180. The highest BCUT2D eigenvalue weighted by atomic mass is 16.6. The van der Waals surface area contributed by atoms with Crippen LogP contribution in [0, 0.1) is 12.8 Å². The van der Waals surface area contributed by atoms with Crippen LogP contribution in [-0.4, -0.2) is 39.4 Å². The zero-order valence-electron chi connectivity index (χ0n) is 14.4. The van der Waals surface area contributed by atoms with E-state index in [1.807, 2.05) is 0 Å². The van der Waals surface area contributed by atoms with E-state index < -0.39 is 35.7 Å². The largest absolute Gasteiger partial charge is 0.455 e. The fourth-order valence-corrected chi connectivity index (χ4v) is 2.91. The number of rotatable bonds is 3. The van der Waals surface area contributed by atoms with Crippen molar-refractivity contribution in [3.05, 3.63) is 68.5 Å². The number of aromatic amines is 1. The number of H-pyrrole nitrogens is 1. The molecule has 8 heteroatoms. The van der Waals surface area contributed by atoms with Gasteiger partial charge in [0, 0.05) is 17.7 Å². The third-order valence-corrected chi connectivity index (χ3v) is 4.39. The molecule has 1 aliphatic rings. The van der Waals surface area contributed by atoms with Crippen molar-refractivity contribution in [3.63, 3.8) is 0 Å². The maximum absolute atomic E-state index is 12.3. The highest BCUT2D eigenvalue weighted by Crippen LogP contribution is 2.29. The number of aryl methyl sites for hydroxylation is 1. The molecule has 1 aromatic carbocycles. The van der Waals surface area contributed by atoms with Crippen LogP contribution in [0.5, 0.6) is 0 Å². The summed E-state index contributed by atoms with van der Waals surface area (Å²) in [6.07, 6.45) is -1.88. The average molecular weight is 360 g/mol. The van der Waals surface area contributed by atoms with Crippen LogP contribution >= 0.6 is 0 Å². The van der Waals surface area contributed by atoms with Gasteiger partial charge in [0.05, 0.1) is 12.2 Å². The topological polar surface area (TPSA) is 111 Å². The molecular formula is C18H20N2O6. The zero-order chi connectivity index (χ0) is 18.8. The van der Waals surface area contributed by atoms with E-state index in [4.69, 9.17) is 9.47 Å². The van der Waals surface area contributed by atoms with Gasteiger partial charge in [0.1, 0.15) is 12.2 Å². The van der Waals surface area contributed by atoms with E-state index in [-0.39, 0.29) is 12.5 Å². The van der Waals surface area contributed by atoms with E-state index >= 15 is 0 Å². The molecule has 8 nitrogen and oxygen atoms in total. The second-order valence-electron chi connectivity index (χ2n) is 6.41. The van der Waals surface area contributed by atoms with Crippen LogP contribution in [0.15, 0.2) is 46.1 Å². The van der Waals surface area contributed by atoms with Crippen LogP contribution < -0.4 is 11.2 Å². The Kier molecular flexibility index (Phi) is 5.06. The van der Waals surface area contributed by atoms with E-state index in [1.54, 1.807) is 44.2 Å². The molecule has 1 fully saturated rings. The summed E-state index contributed by atoms with van der Waals surface area (Å²) >= 11 is 0. The first-order valence-electron chi connectivity index (χ1n) is 8.26. The van der Waals surface area contributed by atoms with Crippen molar-refractivity contribution in [2.45, 2.75) is 32.3 Å². The van der Waals surface area contributed by atoms with Gasteiger partial charge in [-0.15, -0.1) is 0 Å². The summed E-state index contributed by atoms with van der Waals surface area (Å²) in [5.74, 6) is -0.833. The van der Waals surface area contributed by atoms with Gasteiger partial charge in [-0.1, -0.05) is 25.1 Å². The van der Waals surface area contributed by atoms with E-state index in [2.05, 4.69) is 4.98 Å². The number of ether oxygens (including phenoxy) is 2. The van der Waals surface area contributed by atoms with Crippen LogP contribution in [0.4, 0.5) is 0 Å². The van der Waals surface area contributed by atoms with Crippen molar-refractivity contribution in [1.82, 2.24) is 9.55 Å². The lowest BCUT2D eigenvalue weighted by molar-refractivity contribution is -0.190. The maximum Gasteiger partial charge on any atom is 0.338 e. The number of aromatic nitrogens is 2. The normalized spacial score (nSPS) is 25.7. The van der Waals surface area contributed by atoms with Crippen LogP contribution in [0.1, 0.15) is 29.1 Å². The lowest BCUT2D eigenvalue weighted by Crippen LogP contribution is -2.51. The van der Waals surface area contributed by atoms with Gasteiger partial charge in [-0.2, -0.15) is 0 Å². The van der Waals surface area contributed by atoms with Gasteiger partial charge in [-0.25, -0.2) is 9.59 Å².